The Morgan fingerprint density at radius 1 is 1.14 bits per heavy atom. The number of hydrogen-bond acceptors (Lipinski definition) is 2. The predicted molar refractivity (Wildman–Crippen MR) is 88.7 cm³/mol. The van der Waals surface area contributed by atoms with Crippen molar-refractivity contribution in [1.82, 2.24) is 0 Å². The van der Waals surface area contributed by atoms with Crippen molar-refractivity contribution in [3.05, 3.63) is 62.0 Å². The molecule has 2 aromatic carbocycles. The minimum Gasteiger partial charge on any atom is -0.316 e. The zero-order valence-corrected chi connectivity index (χ0v) is 13.9. The van der Waals surface area contributed by atoms with Gasteiger partial charge in [0.15, 0.2) is 0 Å². The molecule has 0 saturated heterocycles. The van der Waals surface area contributed by atoms with Crippen LogP contribution in [0.1, 0.15) is 17.2 Å². The molecular formula is C15H11BrCl2N2O. The lowest BCUT2D eigenvalue weighted by Crippen LogP contribution is -2.31. The Balaban J connectivity index is 1.97. The van der Waals surface area contributed by atoms with Gasteiger partial charge in [-0.05, 0) is 29.8 Å². The number of benzene rings is 2. The first-order chi connectivity index (χ1) is 9.97. The normalized spacial score (nSPS) is 17.2. The predicted octanol–water partition coefficient (Wildman–Crippen LogP) is 4.30. The molecule has 2 aromatic rings. The first-order valence-corrected chi connectivity index (χ1v) is 7.82. The molecule has 1 heterocycles. The van der Waals surface area contributed by atoms with E-state index in [2.05, 4.69) is 15.9 Å². The highest BCUT2D eigenvalue weighted by Crippen LogP contribution is 2.37. The van der Waals surface area contributed by atoms with Crippen LogP contribution >= 0.6 is 39.1 Å². The summed E-state index contributed by atoms with van der Waals surface area (Å²) in [5.74, 6) is -0.117. The van der Waals surface area contributed by atoms with Gasteiger partial charge in [0.25, 0.3) is 0 Å². The number of nitrogens with zero attached hydrogens (tertiary/aromatic N) is 1. The van der Waals surface area contributed by atoms with E-state index in [0.717, 1.165) is 21.3 Å². The van der Waals surface area contributed by atoms with Crippen LogP contribution in [0.2, 0.25) is 10.0 Å². The fourth-order valence-corrected chi connectivity index (χ4v) is 3.09. The first-order valence-electron chi connectivity index (χ1n) is 6.27. The third-order valence-electron chi connectivity index (χ3n) is 3.48. The maximum atomic E-state index is 12.4. The molecule has 108 valence electrons. The summed E-state index contributed by atoms with van der Waals surface area (Å²) in [5.41, 5.74) is 8.55. The minimum atomic E-state index is -0.615. The number of halogens is 3. The minimum absolute atomic E-state index is 0.117. The summed E-state index contributed by atoms with van der Waals surface area (Å²) in [7, 11) is 0. The number of fused-ring (bicyclic) bond motifs is 1. The van der Waals surface area contributed by atoms with Gasteiger partial charge in [-0.15, -0.1) is 0 Å². The zero-order valence-electron chi connectivity index (χ0n) is 10.8. The van der Waals surface area contributed by atoms with Crippen LogP contribution < -0.4 is 10.6 Å². The molecule has 1 aliphatic heterocycles. The van der Waals surface area contributed by atoms with Crippen LogP contribution in [0.25, 0.3) is 0 Å². The molecule has 0 saturated carbocycles. The molecule has 1 amide bonds. The Labute approximate surface area is 140 Å². The quantitative estimate of drug-likeness (QED) is 0.837. The first kappa shape index (κ1) is 14.9. The molecule has 0 aliphatic carbocycles. The maximum absolute atomic E-state index is 12.4. The highest BCUT2D eigenvalue weighted by Gasteiger charge is 2.34. The Kier molecular flexibility index (Phi) is 3.97. The number of anilines is 1. The molecule has 3 nitrogen and oxygen atoms in total. The summed E-state index contributed by atoms with van der Waals surface area (Å²) in [5, 5.41) is 0.965. The van der Waals surface area contributed by atoms with Gasteiger partial charge in [0.1, 0.15) is 6.04 Å². The molecule has 1 aliphatic rings. The van der Waals surface area contributed by atoms with E-state index >= 15 is 0 Å². The molecule has 0 radical (unpaired) electrons. The summed E-state index contributed by atoms with van der Waals surface area (Å²) in [6, 6.07) is 10.4. The standard InChI is InChI=1S/C15H11BrCl2N2O/c16-9-2-3-10-13(6-9)20(15(21)14(10)19)7-8-1-4-11(17)12(18)5-8/h1-6,14H,7,19H2. The molecule has 0 aromatic heterocycles. The van der Waals surface area contributed by atoms with Crippen LogP contribution in [0.5, 0.6) is 0 Å². The number of carbonyl (C=O) groups is 1. The zero-order chi connectivity index (χ0) is 15.1. The third-order valence-corrected chi connectivity index (χ3v) is 4.71. The van der Waals surface area contributed by atoms with Crippen LogP contribution in [0.15, 0.2) is 40.9 Å². The Morgan fingerprint density at radius 3 is 2.62 bits per heavy atom. The van der Waals surface area contributed by atoms with Crippen LogP contribution in [0.3, 0.4) is 0 Å². The topological polar surface area (TPSA) is 46.3 Å². The van der Waals surface area contributed by atoms with Gasteiger partial charge in [0, 0.05) is 10.0 Å². The number of carbonyl (C=O) groups excluding carboxylic acids is 1. The van der Waals surface area contributed by atoms with Crippen molar-refractivity contribution in [1.29, 1.82) is 0 Å². The highest BCUT2D eigenvalue weighted by molar-refractivity contribution is 9.10. The monoisotopic (exact) mass is 384 g/mol. The van der Waals surface area contributed by atoms with Gasteiger partial charge < -0.3 is 10.6 Å². The van der Waals surface area contributed by atoms with Gasteiger partial charge >= 0.3 is 0 Å². The van der Waals surface area contributed by atoms with E-state index in [1.54, 1.807) is 17.0 Å². The van der Waals surface area contributed by atoms with Crippen molar-refractivity contribution in [2.24, 2.45) is 5.73 Å². The SMILES string of the molecule is NC1C(=O)N(Cc2ccc(Cl)c(Cl)c2)c2cc(Br)ccc21. The lowest BCUT2D eigenvalue weighted by atomic mass is 10.1. The van der Waals surface area contributed by atoms with Crippen LogP contribution in [0.4, 0.5) is 5.69 Å². The lowest BCUT2D eigenvalue weighted by molar-refractivity contribution is -0.119. The molecule has 1 unspecified atom stereocenters. The number of rotatable bonds is 2. The van der Waals surface area contributed by atoms with Crippen molar-refractivity contribution >= 4 is 50.7 Å². The molecule has 3 rings (SSSR count). The van der Waals surface area contributed by atoms with Gasteiger partial charge in [-0.3, -0.25) is 4.79 Å². The third kappa shape index (κ3) is 2.69. The van der Waals surface area contributed by atoms with Crippen molar-refractivity contribution in [3.63, 3.8) is 0 Å². The van der Waals surface area contributed by atoms with E-state index in [-0.39, 0.29) is 5.91 Å². The average Bonchev–Trinajstić information content (AvgIpc) is 2.68. The van der Waals surface area contributed by atoms with Gasteiger partial charge in [0.2, 0.25) is 5.91 Å². The van der Waals surface area contributed by atoms with Gasteiger partial charge in [-0.25, -0.2) is 0 Å². The molecule has 1 atom stereocenters. The van der Waals surface area contributed by atoms with E-state index in [0.29, 0.717) is 16.6 Å². The summed E-state index contributed by atoms with van der Waals surface area (Å²) in [6.45, 7) is 0.410. The average molecular weight is 386 g/mol. The molecule has 0 bridgehead atoms. The summed E-state index contributed by atoms with van der Waals surface area (Å²) in [6.07, 6.45) is 0. The maximum Gasteiger partial charge on any atom is 0.248 e. The second kappa shape index (κ2) is 5.61. The molecule has 0 fully saturated rings. The Hall–Kier alpha value is -1.07. The lowest BCUT2D eigenvalue weighted by Gasteiger charge is -2.18. The summed E-state index contributed by atoms with van der Waals surface area (Å²) < 4.78 is 0.905. The molecule has 2 N–H and O–H groups in total. The number of nitrogens with two attached hydrogens (primary N) is 1. The van der Waals surface area contributed by atoms with E-state index in [4.69, 9.17) is 28.9 Å². The van der Waals surface area contributed by atoms with Crippen LogP contribution in [-0.2, 0) is 11.3 Å². The highest BCUT2D eigenvalue weighted by atomic mass is 79.9. The van der Waals surface area contributed by atoms with Crippen molar-refractivity contribution in [2.75, 3.05) is 4.90 Å². The van der Waals surface area contributed by atoms with Crippen LogP contribution in [-0.4, -0.2) is 5.91 Å². The van der Waals surface area contributed by atoms with Gasteiger partial charge in [-0.2, -0.15) is 0 Å². The fraction of sp³-hybridized carbons (Fsp3) is 0.133. The van der Waals surface area contributed by atoms with Crippen LogP contribution in [0, 0.1) is 0 Å². The largest absolute Gasteiger partial charge is 0.316 e. The molecule has 0 spiro atoms. The van der Waals surface area contributed by atoms with Gasteiger partial charge in [-0.1, -0.05) is 51.3 Å². The van der Waals surface area contributed by atoms with Crippen molar-refractivity contribution in [3.8, 4) is 0 Å². The van der Waals surface area contributed by atoms with Crippen molar-refractivity contribution < 1.29 is 4.79 Å². The fourth-order valence-electron chi connectivity index (χ4n) is 2.42. The summed E-state index contributed by atoms with van der Waals surface area (Å²) >= 11 is 15.4. The summed E-state index contributed by atoms with van der Waals surface area (Å²) in [4.78, 5) is 14.0. The molecule has 6 heteroatoms. The van der Waals surface area contributed by atoms with Gasteiger partial charge in [0.05, 0.1) is 22.3 Å². The molecular weight excluding hydrogens is 375 g/mol. The van der Waals surface area contributed by atoms with E-state index in [1.807, 2.05) is 24.3 Å². The number of amides is 1. The van der Waals surface area contributed by atoms with E-state index in [9.17, 15) is 4.79 Å². The van der Waals surface area contributed by atoms with E-state index in [1.165, 1.54) is 0 Å². The molecule has 21 heavy (non-hydrogen) atoms. The smallest absolute Gasteiger partial charge is 0.248 e. The van der Waals surface area contributed by atoms with Crippen molar-refractivity contribution in [2.45, 2.75) is 12.6 Å². The Bertz CT molecular complexity index is 736. The second-order valence-electron chi connectivity index (χ2n) is 4.85. The Morgan fingerprint density at radius 2 is 1.90 bits per heavy atom. The second-order valence-corrected chi connectivity index (χ2v) is 6.58. The number of hydrogen-bond donors (Lipinski definition) is 1. The van der Waals surface area contributed by atoms with E-state index < -0.39 is 6.04 Å².